The molecular weight excluding hydrogens is 377 g/mol. The molecule has 0 spiro atoms. The number of carbonyl (C=O) groups is 4. The van der Waals surface area contributed by atoms with E-state index in [0.717, 1.165) is 10.5 Å². The lowest BCUT2D eigenvalue weighted by molar-refractivity contribution is -0.136. The maximum atomic E-state index is 13.2. The average molecular weight is 395 g/mol. The van der Waals surface area contributed by atoms with E-state index in [2.05, 4.69) is 10.6 Å². The van der Waals surface area contributed by atoms with E-state index in [1.165, 1.54) is 18.2 Å². The van der Waals surface area contributed by atoms with Gasteiger partial charge in [0, 0.05) is 18.2 Å². The Morgan fingerprint density at radius 1 is 1.07 bits per heavy atom. The number of imide groups is 2. The van der Waals surface area contributed by atoms with Gasteiger partial charge in [-0.1, -0.05) is 18.2 Å². The fourth-order valence-corrected chi connectivity index (χ4v) is 3.70. The molecule has 8 heteroatoms. The number of fused-ring (bicyclic) bond motifs is 1. The maximum absolute atomic E-state index is 13.2. The Labute approximate surface area is 165 Å². The molecule has 4 rings (SSSR count). The van der Waals surface area contributed by atoms with Crippen molar-refractivity contribution in [2.45, 2.75) is 31.8 Å². The molecule has 2 atom stereocenters. The van der Waals surface area contributed by atoms with Crippen molar-refractivity contribution in [1.82, 2.24) is 10.2 Å². The van der Waals surface area contributed by atoms with Crippen LogP contribution in [0.3, 0.4) is 0 Å². The van der Waals surface area contributed by atoms with E-state index in [4.69, 9.17) is 0 Å². The summed E-state index contributed by atoms with van der Waals surface area (Å²) in [7, 11) is 0. The van der Waals surface area contributed by atoms with Crippen molar-refractivity contribution in [3.05, 3.63) is 65.0 Å². The van der Waals surface area contributed by atoms with Crippen LogP contribution in [-0.2, 0) is 9.59 Å². The van der Waals surface area contributed by atoms with E-state index in [9.17, 15) is 23.6 Å². The van der Waals surface area contributed by atoms with Crippen LogP contribution in [-0.4, -0.2) is 34.6 Å². The molecule has 0 bridgehead atoms. The normalized spacial score (nSPS) is 19.8. The highest BCUT2D eigenvalue weighted by molar-refractivity contribution is 6.25. The monoisotopic (exact) mass is 395 g/mol. The van der Waals surface area contributed by atoms with Gasteiger partial charge in [-0.25, -0.2) is 4.39 Å². The van der Waals surface area contributed by atoms with E-state index >= 15 is 0 Å². The number of rotatable bonds is 4. The van der Waals surface area contributed by atoms with E-state index in [1.807, 2.05) is 6.92 Å². The third-order valence-corrected chi connectivity index (χ3v) is 5.21. The van der Waals surface area contributed by atoms with Gasteiger partial charge in [-0.15, -0.1) is 0 Å². The van der Waals surface area contributed by atoms with Crippen molar-refractivity contribution in [3.63, 3.8) is 0 Å². The smallest absolute Gasteiger partial charge is 0.264 e. The minimum absolute atomic E-state index is 0.0660. The molecular formula is C21H18FN3O4. The van der Waals surface area contributed by atoms with Crippen molar-refractivity contribution >= 4 is 29.3 Å². The number of benzene rings is 2. The molecule has 2 aliphatic rings. The molecule has 148 valence electrons. The van der Waals surface area contributed by atoms with Crippen molar-refractivity contribution in [2.24, 2.45) is 0 Å². The first-order chi connectivity index (χ1) is 13.9. The number of nitrogens with one attached hydrogen (secondary N) is 2. The van der Waals surface area contributed by atoms with Crippen molar-refractivity contribution in [1.29, 1.82) is 0 Å². The Morgan fingerprint density at radius 3 is 2.48 bits per heavy atom. The molecule has 2 N–H and O–H groups in total. The molecule has 0 radical (unpaired) electrons. The average Bonchev–Trinajstić information content (AvgIpc) is 2.94. The van der Waals surface area contributed by atoms with Crippen LogP contribution in [0.2, 0.25) is 0 Å². The number of nitrogens with zero attached hydrogens (tertiary/aromatic N) is 1. The maximum Gasteiger partial charge on any atom is 0.264 e. The zero-order valence-electron chi connectivity index (χ0n) is 15.6. The molecule has 1 unspecified atom stereocenters. The summed E-state index contributed by atoms with van der Waals surface area (Å²) in [5.41, 5.74) is 1.66. The molecule has 4 amide bonds. The second-order valence-electron chi connectivity index (χ2n) is 7.09. The highest BCUT2D eigenvalue weighted by Gasteiger charge is 2.45. The van der Waals surface area contributed by atoms with Crippen LogP contribution in [0, 0.1) is 5.82 Å². The molecule has 29 heavy (non-hydrogen) atoms. The molecule has 2 aromatic rings. The lowest BCUT2D eigenvalue weighted by atomic mass is 10.0. The number of anilines is 1. The number of amides is 4. The Balaban J connectivity index is 1.63. The van der Waals surface area contributed by atoms with Gasteiger partial charge < -0.3 is 5.32 Å². The summed E-state index contributed by atoms with van der Waals surface area (Å²) in [6.07, 6.45) is 0.168. The van der Waals surface area contributed by atoms with Crippen LogP contribution in [0.1, 0.15) is 52.1 Å². The molecule has 0 saturated carbocycles. The third kappa shape index (κ3) is 3.26. The van der Waals surface area contributed by atoms with Crippen LogP contribution in [0.15, 0.2) is 42.5 Å². The summed E-state index contributed by atoms with van der Waals surface area (Å²) in [5, 5.41) is 5.37. The Hall–Kier alpha value is -3.55. The zero-order valence-corrected chi connectivity index (χ0v) is 15.6. The van der Waals surface area contributed by atoms with Crippen molar-refractivity contribution in [2.75, 3.05) is 5.32 Å². The predicted molar refractivity (Wildman–Crippen MR) is 102 cm³/mol. The standard InChI is InChI=1S/C21H18FN3O4/c1-11(12-5-7-13(22)8-6-12)23-15-4-2-3-14-18(15)21(29)25(20(14)28)16-9-10-17(26)24-19(16)27/h2-8,11,16,23H,9-10H2,1H3,(H,24,26,27)/t11-,16?/m1/s1. The first-order valence-corrected chi connectivity index (χ1v) is 9.23. The minimum atomic E-state index is -1.01. The summed E-state index contributed by atoms with van der Waals surface area (Å²) in [4.78, 5) is 50.4. The van der Waals surface area contributed by atoms with Gasteiger partial charge >= 0.3 is 0 Å². The van der Waals surface area contributed by atoms with Gasteiger partial charge in [0.25, 0.3) is 11.8 Å². The highest BCUT2D eigenvalue weighted by atomic mass is 19.1. The summed E-state index contributed by atoms with van der Waals surface area (Å²) >= 11 is 0. The van der Waals surface area contributed by atoms with E-state index in [0.29, 0.717) is 5.69 Å². The lowest BCUT2D eigenvalue weighted by Gasteiger charge is -2.28. The molecule has 1 saturated heterocycles. The predicted octanol–water partition coefficient (Wildman–Crippen LogP) is 2.40. The number of hydrogen-bond donors (Lipinski definition) is 2. The molecule has 0 aromatic heterocycles. The van der Waals surface area contributed by atoms with Crippen LogP contribution in [0.4, 0.5) is 10.1 Å². The molecule has 2 aliphatic heterocycles. The number of halogens is 1. The molecule has 2 heterocycles. The number of hydrogen-bond acceptors (Lipinski definition) is 5. The summed E-state index contributed by atoms with van der Waals surface area (Å²) < 4.78 is 13.2. The summed E-state index contributed by atoms with van der Waals surface area (Å²) in [6.45, 7) is 1.85. The lowest BCUT2D eigenvalue weighted by Crippen LogP contribution is -2.54. The van der Waals surface area contributed by atoms with Crippen LogP contribution in [0.25, 0.3) is 0 Å². The first kappa shape index (κ1) is 18.8. The summed E-state index contributed by atoms with van der Waals surface area (Å²) in [5.74, 6) is -2.54. The van der Waals surface area contributed by atoms with Gasteiger partial charge in [-0.2, -0.15) is 0 Å². The van der Waals surface area contributed by atoms with Gasteiger partial charge in [0.2, 0.25) is 11.8 Å². The van der Waals surface area contributed by atoms with Crippen LogP contribution in [0.5, 0.6) is 0 Å². The zero-order chi connectivity index (χ0) is 20.7. The molecule has 7 nitrogen and oxygen atoms in total. The van der Waals surface area contributed by atoms with Gasteiger partial charge in [-0.3, -0.25) is 29.4 Å². The Morgan fingerprint density at radius 2 is 1.79 bits per heavy atom. The topological polar surface area (TPSA) is 95.6 Å². The SMILES string of the molecule is C[C@@H](Nc1cccc2c1C(=O)N(C1CCC(=O)NC1=O)C2=O)c1ccc(F)cc1. The Bertz CT molecular complexity index is 1030. The largest absolute Gasteiger partial charge is 0.378 e. The van der Waals surface area contributed by atoms with E-state index in [1.54, 1.807) is 24.3 Å². The molecule has 2 aromatic carbocycles. The third-order valence-electron chi connectivity index (χ3n) is 5.21. The molecule has 0 aliphatic carbocycles. The fourth-order valence-electron chi connectivity index (χ4n) is 3.70. The molecule has 1 fully saturated rings. The van der Waals surface area contributed by atoms with Crippen LogP contribution >= 0.6 is 0 Å². The van der Waals surface area contributed by atoms with E-state index < -0.39 is 29.7 Å². The van der Waals surface area contributed by atoms with Gasteiger partial charge in [-0.05, 0) is 43.2 Å². The van der Waals surface area contributed by atoms with Crippen molar-refractivity contribution < 1.29 is 23.6 Å². The first-order valence-electron chi connectivity index (χ1n) is 9.23. The van der Waals surface area contributed by atoms with Crippen molar-refractivity contribution in [3.8, 4) is 0 Å². The second-order valence-corrected chi connectivity index (χ2v) is 7.09. The van der Waals surface area contributed by atoms with Gasteiger partial charge in [0.1, 0.15) is 11.9 Å². The minimum Gasteiger partial charge on any atom is -0.378 e. The fraction of sp³-hybridized carbons (Fsp3) is 0.238. The Kier molecular flexibility index (Phi) is 4.62. The second kappa shape index (κ2) is 7.12. The number of carbonyl (C=O) groups excluding carboxylic acids is 4. The number of piperidine rings is 1. The quantitative estimate of drug-likeness (QED) is 0.775. The van der Waals surface area contributed by atoms with Gasteiger partial charge in [0.05, 0.1) is 11.1 Å². The highest BCUT2D eigenvalue weighted by Crippen LogP contribution is 2.34. The van der Waals surface area contributed by atoms with E-state index in [-0.39, 0.29) is 35.8 Å². The summed E-state index contributed by atoms with van der Waals surface area (Å²) in [6, 6.07) is 9.57. The van der Waals surface area contributed by atoms with Crippen LogP contribution < -0.4 is 10.6 Å². The van der Waals surface area contributed by atoms with Gasteiger partial charge in [0.15, 0.2) is 0 Å².